The zero-order chi connectivity index (χ0) is 32.8. The number of nitrogens with one attached hydrogen (secondary N) is 1. The fourth-order valence-electron chi connectivity index (χ4n) is 5.37. The van der Waals surface area contributed by atoms with E-state index in [2.05, 4.69) is 15.5 Å². The molecule has 1 aliphatic rings. The molecule has 11 nitrogen and oxygen atoms in total. The Labute approximate surface area is 280 Å². The Hall–Kier alpha value is -5.14. The molecule has 47 heavy (non-hydrogen) atoms. The third-order valence-electron chi connectivity index (χ3n) is 7.56. The van der Waals surface area contributed by atoms with Crippen LogP contribution in [0.5, 0.6) is 17.2 Å². The molecular weight excluding hydrogens is 637 g/mol. The summed E-state index contributed by atoms with van der Waals surface area (Å²) in [5.41, 5.74) is 2.85. The minimum absolute atomic E-state index is 0.0442. The number of aromatic nitrogens is 3. The Morgan fingerprint density at radius 3 is 2.40 bits per heavy atom. The Morgan fingerprint density at radius 2 is 1.66 bits per heavy atom. The molecule has 13 heteroatoms. The summed E-state index contributed by atoms with van der Waals surface area (Å²) in [6, 6.07) is 25.8. The molecule has 240 valence electrons. The number of rotatable bonds is 12. The van der Waals surface area contributed by atoms with E-state index in [9.17, 15) is 9.59 Å². The highest BCUT2D eigenvalue weighted by molar-refractivity contribution is 7.99. The number of para-hydroxylation sites is 3. The average Bonchev–Trinajstić information content (AvgIpc) is 3.90. The molecule has 1 atom stereocenters. The lowest BCUT2D eigenvalue weighted by Crippen LogP contribution is -2.29. The molecule has 0 radical (unpaired) electrons. The monoisotopic (exact) mass is 668 g/mol. The van der Waals surface area contributed by atoms with Crippen molar-refractivity contribution in [2.24, 2.45) is 5.10 Å². The van der Waals surface area contributed by atoms with Gasteiger partial charge >= 0.3 is 0 Å². The molecule has 0 spiro atoms. The summed E-state index contributed by atoms with van der Waals surface area (Å²) in [6.07, 6.45) is 0.524. The van der Waals surface area contributed by atoms with Crippen LogP contribution in [0.3, 0.4) is 0 Å². The predicted molar refractivity (Wildman–Crippen MR) is 181 cm³/mol. The van der Waals surface area contributed by atoms with E-state index in [1.807, 2.05) is 70.6 Å². The van der Waals surface area contributed by atoms with Crippen LogP contribution in [0.25, 0.3) is 5.69 Å². The molecule has 0 bridgehead atoms. The number of hydrazone groups is 1. The fourth-order valence-corrected chi connectivity index (χ4v) is 6.92. The van der Waals surface area contributed by atoms with Gasteiger partial charge in [-0.05, 0) is 41.8 Å². The number of thioether (sulfide) groups is 1. The zero-order valence-electron chi connectivity index (χ0n) is 26.0. The van der Waals surface area contributed by atoms with Gasteiger partial charge in [-0.2, -0.15) is 5.10 Å². The Morgan fingerprint density at radius 1 is 0.894 bits per heavy atom. The van der Waals surface area contributed by atoms with E-state index >= 15 is 0 Å². The van der Waals surface area contributed by atoms with Gasteiger partial charge in [0, 0.05) is 17.7 Å². The summed E-state index contributed by atoms with van der Waals surface area (Å²) in [5, 5.41) is 20.6. The Bertz CT molecular complexity index is 1890. The van der Waals surface area contributed by atoms with Crippen molar-refractivity contribution in [2.75, 3.05) is 27.1 Å². The van der Waals surface area contributed by atoms with E-state index in [1.54, 1.807) is 49.8 Å². The number of carbonyl (C=O) groups is 2. The van der Waals surface area contributed by atoms with Crippen molar-refractivity contribution < 1.29 is 23.8 Å². The minimum Gasteiger partial charge on any atom is -0.496 e. The van der Waals surface area contributed by atoms with E-state index in [-0.39, 0.29) is 24.1 Å². The van der Waals surface area contributed by atoms with Crippen molar-refractivity contribution >= 4 is 40.6 Å². The molecule has 0 fully saturated rings. The molecule has 1 aliphatic heterocycles. The average molecular weight is 669 g/mol. The van der Waals surface area contributed by atoms with Crippen molar-refractivity contribution in [3.05, 3.63) is 112 Å². The van der Waals surface area contributed by atoms with Gasteiger partial charge in [-0.3, -0.25) is 14.2 Å². The van der Waals surface area contributed by atoms with E-state index < -0.39 is 6.04 Å². The largest absolute Gasteiger partial charge is 0.496 e. The number of ether oxygens (including phenoxy) is 3. The number of methoxy groups -OCH3 is 3. The minimum atomic E-state index is -0.391. The van der Waals surface area contributed by atoms with Crippen molar-refractivity contribution in [3.8, 4) is 22.9 Å². The standard InChI is InChI=1S/C34H32N6O5S2/c1-43-27-15-8-7-13-24(27)33(42)35-20-30-36-37-34(39(30)22-11-5-4-6-12-22)47-21-31(41)40-26(19-25(38-40)29-17-10-18-46-29)23-14-9-16-28(44-2)32(23)45-3/h4-18,26H,19-21H2,1-3H3,(H,35,42). The highest BCUT2D eigenvalue weighted by Crippen LogP contribution is 2.42. The number of carbonyl (C=O) groups excluding carboxylic acids is 2. The lowest BCUT2D eigenvalue weighted by atomic mass is 9.99. The molecular formula is C34H32N6O5S2. The Kier molecular flexibility index (Phi) is 9.83. The summed E-state index contributed by atoms with van der Waals surface area (Å²) < 4.78 is 18.5. The van der Waals surface area contributed by atoms with E-state index in [1.165, 1.54) is 23.9 Å². The lowest BCUT2D eigenvalue weighted by Gasteiger charge is -2.24. The number of thiophene rings is 1. The highest BCUT2D eigenvalue weighted by Gasteiger charge is 2.36. The van der Waals surface area contributed by atoms with Crippen molar-refractivity contribution in [1.82, 2.24) is 25.1 Å². The fraction of sp³-hybridized carbons (Fsp3) is 0.206. The van der Waals surface area contributed by atoms with Gasteiger partial charge in [-0.1, -0.05) is 60.3 Å². The van der Waals surface area contributed by atoms with Crippen molar-refractivity contribution in [3.63, 3.8) is 0 Å². The molecule has 2 amide bonds. The molecule has 2 aromatic heterocycles. The maximum absolute atomic E-state index is 14.0. The van der Waals surface area contributed by atoms with Crippen LogP contribution in [0.1, 0.15) is 39.1 Å². The first-order chi connectivity index (χ1) is 23.0. The van der Waals surface area contributed by atoms with Crippen LogP contribution in [0.4, 0.5) is 0 Å². The number of benzene rings is 3. The van der Waals surface area contributed by atoms with Gasteiger partial charge in [0.15, 0.2) is 22.5 Å². The van der Waals surface area contributed by atoms with Gasteiger partial charge in [-0.25, -0.2) is 5.01 Å². The van der Waals surface area contributed by atoms with Crippen LogP contribution in [0, 0.1) is 0 Å². The van der Waals surface area contributed by atoms with Gasteiger partial charge in [0.25, 0.3) is 11.8 Å². The van der Waals surface area contributed by atoms with Crippen LogP contribution >= 0.6 is 23.1 Å². The second-order valence-electron chi connectivity index (χ2n) is 10.3. The molecule has 0 aliphatic carbocycles. The van der Waals surface area contributed by atoms with Gasteiger partial charge in [0.05, 0.1) is 55.8 Å². The molecule has 1 unspecified atom stereocenters. The maximum Gasteiger partial charge on any atom is 0.255 e. The third kappa shape index (κ3) is 6.71. The van der Waals surface area contributed by atoms with E-state index in [0.717, 1.165) is 21.8 Å². The summed E-state index contributed by atoms with van der Waals surface area (Å²) in [4.78, 5) is 28.0. The molecule has 3 heterocycles. The van der Waals surface area contributed by atoms with E-state index in [0.29, 0.717) is 40.2 Å². The molecule has 0 saturated heterocycles. The number of amides is 2. The smallest absolute Gasteiger partial charge is 0.255 e. The predicted octanol–water partition coefficient (Wildman–Crippen LogP) is 5.75. The molecule has 0 saturated carbocycles. The van der Waals surface area contributed by atoms with Gasteiger partial charge in [0.2, 0.25) is 0 Å². The summed E-state index contributed by atoms with van der Waals surface area (Å²) >= 11 is 2.83. The van der Waals surface area contributed by atoms with Crippen LogP contribution in [0.15, 0.2) is 101 Å². The van der Waals surface area contributed by atoms with Crippen molar-refractivity contribution in [2.45, 2.75) is 24.2 Å². The second kappa shape index (κ2) is 14.5. The first-order valence-corrected chi connectivity index (χ1v) is 16.6. The zero-order valence-corrected chi connectivity index (χ0v) is 27.6. The highest BCUT2D eigenvalue weighted by atomic mass is 32.2. The van der Waals surface area contributed by atoms with Crippen LogP contribution in [0.2, 0.25) is 0 Å². The van der Waals surface area contributed by atoms with Crippen molar-refractivity contribution in [1.29, 1.82) is 0 Å². The quantitative estimate of drug-likeness (QED) is 0.167. The van der Waals surface area contributed by atoms with Gasteiger partial charge < -0.3 is 19.5 Å². The summed E-state index contributed by atoms with van der Waals surface area (Å²) in [6.45, 7) is 0.103. The van der Waals surface area contributed by atoms with Gasteiger partial charge in [0.1, 0.15) is 5.75 Å². The van der Waals surface area contributed by atoms with E-state index in [4.69, 9.17) is 19.3 Å². The normalized spacial score (nSPS) is 14.1. The summed E-state index contributed by atoms with van der Waals surface area (Å²) in [5.74, 6) is 1.66. The molecule has 5 aromatic rings. The second-order valence-corrected chi connectivity index (χ2v) is 12.2. The number of nitrogens with zero attached hydrogens (tertiary/aromatic N) is 5. The van der Waals surface area contributed by atoms with Crippen LogP contribution in [-0.2, 0) is 11.3 Å². The first kappa shape index (κ1) is 31.8. The number of hydrogen-bond acceptors (Lipinski definition) is 10. The first-order valence-electron chi connectivity index (χ1n) is 14.7. The topological polar surface area (TPSA) is 120 Å². The third-order valence-corrected chi connectivity index (χ3v) is 9.39. The SMILES string of the molecule is COc1ccccc1C(=O)NCc1nnc(SCC(=O)N2N=C(c3cccs3)CC2c2cccc(OC)c2OC)n1-c1ccccc1. The Balaban J connectivity index is 1.25. The molecule has 3 aromatic carbocycles. The molecule has 1 N–H and O–H groups in total. The van der Waals surface area contributed by atoms with Gasteiger partial charge in [-0.15, -0.1) is 21.5 Å². The maximum atomic E-state index is 14.0. The lowest BCUT2D eigenvalue weighted by molar-refractivity contribution is -0.130. The molecule has 6 rings (SSSR count). The summed E-state index contributed by atoms with van der Waals surface area (Å²) in [7, 11) is 4.70. The van der Waals surface area contributed by atoms with Crippen LogP contribution < -0.4 is 19.5 Å². The number of hydrogen-bond donors (Lipinski definition) is 1. The van der Waals surface area contributed by atoms with Crippen LogP contribution in [-0.4, -0.2) is 64.4 Å².